The Hall–Kier alpha value is -3.73. The molecule has 3 aromatic carbocycles. The molecule has 0 saturated heterocycles. The van der Waals surface area contributed by atoms with Crippen molar-refractivity contribution in [3.63, 3.8) is 0 Å². The monoisotopic (exact) mass is 439 g/mol. The SMILES string of the molecule is CCCCCc1nc(Cc2ccccc2)nn1Cc1ccc(-c2ccccc2C(=O)O)cc1. The Morgan fingerprint density at radius 2 is 1.61 bits per heavy atom. The zero-order valence-corrected chi connectivity index (χ0v) is 18.9. The normalized spacial score (nSPS) is 10.9. The number of carboxylic acid groups (broad SMARTS) is 1. The van der Waals surface area contributed by atoms with Gasteiger partial charge in [-0.1, -0.05) is 92.6 Å². The number of carboxylic acids is 1. The number of aromatic carboxylic acids is 1. The van der Waals surface area contributed by atoms with Crippen molar-refractivity contribution >= 4 is 5.97 Å². The standard InChI is InChI=1S/C28H29N3O2/c1-2-3-5-14-27-29-26(19-21-10-6-4-7-11-21)30-31(27)20-22-15-17-23(18-16-22)24-12-8-9-13-25(24)28(32)33/h4,6-13,15-18H,2-3,5,14,19-20H2,1H3,(H,32,33). The Kier molecular flexibility index (Phi) is 7.30. The molecule has 0 radical (unpaired) electrons. The minimum absolute atomic E-state index is 0.310. The summed E-state index contributed by atoms with van der Waals surface area (Å²) in [5.74, 6) is 0.953. The zero-order chi connectivity index (χ0) is 23.0. The van der Waals surface area contributed by atoms with Crippen molar-refractivity contribution in [1.29, 1.82) is 0 Å². The minimum Gasteiger partial charge on any atom is -0.478 e. The van der Waals surface area contributed by atoms with E-state index in [9.17, 15) is 9.90 Å². The second-order valence-electron chi connectivity index (χ2n) is 8.27. The number of aryl methyl sites for hydroxylation is 1. The maximum atomic E-state index is 11.6. The van der Waals surface area contributed by atoms with Gasteiger partial charge in [0.1, 0.15) is 5.82 Å². The molecule has 1 heterocycles. The van der Waals surface area contributed by atoms with E-state index in [-0.39, 0.29) is 0 Å². The Bertz CT molecular complexity index is 1200. The Balaban J connectivity index is 1.55. The van der Waals surface area contributed by atoms with Crippen LogP contribution in [-0.4, -0.2) is 25.8 Å². The molecule has 0 unspecified atom stereocenters. The van der Waals surface area contributed by atoms with Crippen molar-refractivity contribution in [2.45, 2.75) is 45.6 Å². The van der Waals surface area contributed by atoms with Crippen LogP contribution < -0.4 is 0 Å². The van der Waals surface area contributed by atoms with Crippen LogP contribution in [0.3, 0.4) is 0 Å². The summed E-state index contributed by atoms with van der Waals surface area (Å²) in [4.78, 5) is 16.4. The molecule has 0 spiro atoms. The molecule has 0 amide bonds. The highest BCUT2D eigenvalue weighted by Crippen LogP contribution is 2.24. The van der Waals surface area contributed by atoms with Crippen LogP contribution in [0.2, 0.25) is 0 Å². The summed E-state index contributed by atoms with van der Waals surface area (Å²) in [6.45, 7) is 2.85. The van der Waals surface area contributed by atoms with Gasteiger partial charge < -0.3 is 5.11 Å². The van der Waals surface area contributed by atoms with Gasteiger partial charge in [0, 0.05) is 12.8 Å². The van der Waals surface area contributed by atoms with Crippen molar-refractivity contribution in [2.24, 2.45) is 0 Å². The summed E-state index contributed by atoms with van der Waals surface area (Å²) < 4.78 is 2.02. The van der Waals surface area contributed by atoms with Crippen LogP contribution in [-0.2, 0) is 19.4 Å². The fraction of sp³-hybridized carbons (Fsp3) is 0.250. The molecule has 4 aromatic rings. The van der Waals surface area contributed by atoms with E-state index in [1.54, 1.807) is 12.1 Å². The van der Waals surface area contributed by atoms with Gasteiger partial charge in [-0.3, -0.25) is 0 Å². The van der Waals surface area contributed by atoms with E-state index < -0.39 is 5.97 Å². The third kappa shape index (κ3) is 5.75. The predicted octanol–water partition coefficient (Wildman–Crippen LogP) is 6.02. The quantitative estimate of drug-likeness (QED) is 0.307. The van der Waals surface area contributed by atoms with Crippen LogP contribution >= 0.6 is 0 Å². The summed E-state index contributed by atoms with van der Waals surface area (Å²) >= 11 is 0. The molecular weight excluding hydrogens is 410 g/mol. The number of hydrogen-bond donors (Lipinski definition) is 1. The van der Waals surface area contributed by atoms with Crippen LogP contribution in [0, 0.1) is 0 Å². The Morgan fingerprint density at radius 1 is 0.879 bits per heavy atom. The molecule has 168 valence electrons. The molecule has 0 aliphatic rings. The largest absolute Gasteiger partial charge is 0.478 e. The van der Waals surface area contributed by atoms with E-state index >= 15 is 0 Å². The van der Waals surface area contributed by atoms with Gasteiger partial charge >= 0.3 is 5.97 Å². The highest BCUT2D eigenvalue weighted by Gasteiger charge is 2.13. The van der Waals surface area contributed by atoms with E-state index in [0.717, 1.165) is 47.6 Å². The Labute approximate surface area is 194 Å². The van der Waals surface area contributed by atoms with Crippen LogP contribution in [0.1, 0.15) is 59.3 Å². The molecule has 33 heavy (non-hydrogen) atoms. The highest BCUT2D eigenvalue weighted by molar-refractivity contribution is 5.95. The van der Waals surface area contributed by atoms with Crippen molar-refractivity contribution in [1.82, 2.24) is 14.8 Å². The first kappa shape index (κ1) is 22.5. The van der Waals surface area contributed by atoms with Crippen molar-refractivity contribution in [2.75, 3.05) is 0 Å². The maximum Gasteiger partial charge on any atom is 0.336 e. The lowest BCUT2D eigenvalue weighted by Gasteiger charge is -2.09. The minimum atomic E-state index is -0.917. The Morgan fingerprint density at radius 3 is 2.33 bits per heavy atom. The van der Waals surface area contributed by atoms with Gasteiger partial charge in [-0.15, -0.1) is 0 Å². The van der Waals surface area contributed by atoms with Crippen LogP contribution in [0.15, 0.2) is 78.9 Å². The topological polar surface area (TPSA) is 68.0 Å². The van der Waals surface area contributed by atoms with Crippen molar-refractivity contribution < 1.29 is 9.90 Å². The summed E-state index contributed by atoms with van der Waals surface area (Å²) in [6.07, 6.45) is 5.09. The van der Waals surface area contributed by atoms with Gasteiger partial charge in [-0.25, -0.2) is 14.5 Å². The molecule has 0 saturated carbocycles. The molecule has 5 nitrogen and oxygen atoms in total. The second-order valence-corrected chi connectivity index (χ2v) is 8.27. The van der Waals surface area contributed by atoms with Gasteiger partial charge in [-0.05, 0) is 34.7 Å². The third-order valence-corrected chi connectivity index (χ3v) is 5.76. The first-order valence-corrected chi connectivity index (χ1v) is 11.5. The molecule has 5 heteroatoms. The molecule has 1 N–H and O–H groups in total. The van der Waals surface area contributed by atoms with Gasteiger partial charge in [0.25, 0.3) is 0 Å². The predicted molar refractivity (Wildman–Crippen MR) is 130 cm³/mol. The summed E-state index contributed by atoms with van der Waals surface area (Å²) in [5.41, 5.74) is 4.24. The number of carbonyl (C=O) groups is 1. The molecule has 0 aliphatic carbocycles. The third-order valence-electron chi connectivity index (χ3n) is 5.76. The van der Waals surface area contributed by atoms with E-state index in [2.05, 4.69) is 19.1 Å². The molecule has 0 fully saturated rings. The van der Waals surface area contributed by atoms with E-state index in [1.165, 1.54) is 18.4 Å². The van der Waals surface area contributed by atoms with Crippen molar-refractivity contribution in [3.05, 3.63) is 107 Å². The molecule has 4 rings (SSSR count). The van der Waals surface area contributed by atoms with E-state index in [1.807, 2.05) is 59.3 Å². The van der Waals surface area contributed by atoms with E-state index in [0.29, 0.717) is 12.1 Å². The van der Waals surface area contributed by atoms with Crippen LogP contribution in [0.5, 0.6) is 0 Å². The summed E-state index contributed by atoms with van der Waals surface area (Å²) in [7, 11) is 0. The smallest absolute Gasteiger partial charge is 0.336 e. The summed E-state index contributed by atoms with van der Waals surface area (Å²) in [6, 6.07) is 25.4. The highest BCUT2D eigenvalue weighted by atomic mass is 16.4. The number of aromatic nitrogens is 3. The van der Waals surface area contributed by atoms with E-state index in [4.69, 9.17) is 10.1 Å². The molecule has 0 bridgehead atoms. The van der Waals surface area contributed by atoms with Gasteiger partial charge in [0.05, 0.1) is 12.1 Å². The van der Waals surface area contributed by atoms with Gasteiger partial charge in [0.2, 0.25) is 0 Å². The molecule has 1 aromatic heterocycles. The fourth-order valence-corrected chi connectivity index (χ4v) is 4.01. The maximum absolute atomic E-state index is 11.6. The first-order valence-electron chi connectivity index (χ1n) is 11.5. The first-order chi connectivity index (χ1) is 16.1. The number of unbranched alkanes of at least 4 members (excludes halogenated alkanes) is 2. The molecular formula is C28H29N3O2. The number of rotatable bonds is 10. The van der Waals surface area contributed by atoms with Crippen LogP contribution in [0.4, 0.5) is 0 Å². The second kappa shape index (κ2) is 10.7. The van der Waals surface area contributed by atoms with Gasteiger partial charge in [0.15, 0.2) is 5.82 Å². The average Bonchev–Trinajstić information content (AvgIpc) is 3.21. The lowest BCUT2D eigenvalue weighted by Crippen LogP contribution is -2.07. The lowest BCUT2D eigenvalue weighted by atomic mass is 9.99. The van der Waals surface area contributed by atoms with Crippen LogP contribution in [0.25, 0.3) is 11.1 Å². The number of benzene rings is 3. The van der Waals surface area contributed by atoms with Gasteiger partial charge in [-0.2, -0.15) is 5.10 Å². The molecule has 0 aliphatic heterocycles. The number of nitrogens with zero attached hydrogens (tertiary/aromatic N) is 3. The average molecular weight is 440 g/mol. The van der Waals surface area contributed by atoms with Crippen molar-refractivity contribution in [3.8, 4) is 11.1 Å². The summed E-state index contributed by atoms with van der Waals surface area (Å²) in [5, 5.41) is 14.3. The lowest BCUT2D eigenvalue weighted by molar-refractivity contribution is 0.0697. The molecule has 0 atom stereocenters. The zero-order valence-electron chi connectivity index (χ0n) is 18.9. The number of hydrogen-bond acceptors (Lipinski definition) is 3. The fourth-order valence-electron chi connectivity index (χ4n) is 4.01.